The molecular formula is C43H40IN3O5S. The van der Waals surface area contributed by atoms with Crippen molar-refractivity contribution in [2.45, 2.75) is 33.4 Å². The molecule has 1 aliphatic rings. The summed E-state index contributed by atoms with van der Waals surface area (Å²) in [5, 5.41) is 3.20. The highest BCUT2D eigenvalue weighted by molar-refractivity contribution is 14.1. The predicted molar refractivity (Wildman–Crippen MR) is 222 cm³/mol. The Balaban J connectivity index is 1.42. The van der Waals surface area contributed by atoms with E-state index in [0.29, 0.717) is 36.0 Å². The van der Waals surface area contributed by atoms with Crippen LogP contribution in [0, 0.1) is 10.5 Å². The molecule has 1 aliphatic heterocycles. The fourth-order valence-electron chi connectivity index (χ4n) is 5.59. The maximum Gasteiger partial charge on any atom is 0.285 e. The minimum absolute atomic E-state index is 0.0901. The number of thioether (sulfide) groups is 1. The topological polar surface area (TPSA) is 97.3 Å². The Morgan fingerprint density at radius 3 is 2.30 bits per heavy atom. The second kappa shape index (κ2) is 19.0. The summed E-state index contributed by atoms with van der Waals surface area (Å²) in [5.74, 6) is -0.604. The van der Waals surface area contributed by atoms with Crippen molar-refractivity contribution >= 4 is 63.3 Å². The first kappa shape index (κ1) is 39.0. The quantitative estimate of drug-likeness (QED) is 0.0590. The first-order valence-electron chi connectivity index (χ1n) is 17.0. The van der Waals surface area contributed by atoms with Crippen LogP contribution in [0.3, 0.4) is 0 Å². The van der Waals surface area contributed by atoms with Crippen molar-refractivity contribution in [3.05, 3.63) is 171 Å². The molecule has 270 valence electrons. The second-order valence-corrected chi connectivity index (χ2v) is 14.0. The molecule has 0 atom stereocenters. The van der Waals surface area contributed by atoms with E-state index in [-0.39, 0.29) is 22.4 Å². The first-order valence-corrected chi connectivity index (χ1v) is 19.1. The van der Waals surface area contributed by atoms with Crippen molar-refractivity contribution in [2.75, 3.05) is 12.4 Å². The van der Waals surface area contributed by atoms with Crippen molar-refractivity contribution in [2.24, 2.45) is 4.99 Å². The minimum atomic E-state index is -0.712. The summed E-state index contributed by atoms with van der Waals surface area (Å²) < 4.78 is 12.9. The van der Waals surface area contributed by atoms with Crippen LogP contribution in [-0.2, 0) is 21.0 Å². The lowest BCUT2D eigenvalue weighted by atomic mass is 9.99. The van der Waals surface area contributed by atoms with Gasteiger partial charge in [-0.05, 0) is 89.9 Å². The molecule has 0 unspecified atom stereocenters. The lowest BCUT2D eigenvalue weighted by Gasteiger charge is -2.28. The SMILES string of the molecule is C=C/C=C\C(=C/C)N1C(=O)/C(=C/c2cc(I)c(OCc3cccc(C)c3)c(OCC)c2)C(=O)N=C1SCC(=O)NC(c1ccccc1)c1ccccc1. The number of allylic oxidation sites excluding steroid dienone is 4. The number of nitrogens with zero attached hydrogens (tertiary/aromatic N) is 2. The van der Waals surface area contributed by atoms with Crippen LogP contribution in [0.1, 0.15) is 47.7 Å². The van der Waals surface area contributed by atoms with Gasteiger partial charge >= 0.3 is 0 Å². The van der Waals surface area contributed by atoms with E-state index in [1.807, 2.05) is 98.8 Å². The molecule has 1 heterocycles. The van der Waals surface area contributed by atoms with Gasteiger partial charge in [-0.3, -0.25) is 19.3 Å². The monoisotopic (exact) mass is 837 g/mol. The molecule has 10 heteroatoms. The summed E-state index contributed by atoms with van der Waals surface area (Å²) in [6.45, 7) is 10.2. The maximum atomic E-state index is 14.2. The van der Waals surface area contributed by atoms with E-state index in [9.17, 15) is 14.4 Å². The summed E-state index contributed by atoms with van der Waals surface area (Å²) in [5.41, 5.74) is 4.91. The number of aliphatic imine (C=N–C) groups is 1. The van der Waals surface area contributed by atoms with Crippen LogP contribution >= 0.6 is 34.4 Å². The van der Waals surface area contributed by atoms with Gasteiger partial charge in [0.05, 0.1) is 22.0 Å². The van der Waals surface area contributed by atoms with E-state index in [1.54, 1.807) is 37.3 Å². The van der Waals surface area contributed by atoms with Crippen molar-refractivity contribution in [1.29, 1.82) is 0 Å². The summed E-state index contributed by atoms with van der Waals surface area (Å²) in [6.07, 6.45) is 8.22. The van der Waals surface area contributed by atoms with Gasteiger partial charge in [0.1, 0.15) is 12.2 Å². The fraction of sp³-hybridized carbons (Fsp3) is 0.163. The Kier molecular flexibility index (Phi) is 14.0. The summed E-state index contributed by atoms with van der Waals surface area (Å²) in [7, 11) is 0. The number of carbonyl (C=O) groups is 3. The lowest BCUT2D eigenvalue weighted by Crippen LogP contribution is -2.42. The molecule has 0 saturated carbocycles. The molecule has 0 bridgehead atoms. The molecule has 0 radical (unpaired) electrons. The Labute approximate surface area is 328 Å². The van der Waals surface area contributed by atoms with Crippen molar-refractivity contribution in [3.63, 3.8) is 0 Å². The zero-order valence-electron chi connectivity index (χ0n) is 29.8. The van der Waals surface area contributed by atoms with Crippen LogP contribution in [0.15, 0.2) is 144 Å². The molecular weight excluding hydrogens is 797 g/mol. The molecule has 4 aromatic carbocycles. The molecule has 4 aromatic rings. The average molecular weight is 838 g/mol. The van der Waals surface area contributed by atoms with Gasteiger partial charge in [0, 0.05) is 5.70 Å². The average Bonchev–Trinajstić information content (AvgIpc) is 3.16. The number of benzene rings is 4. The molecule has 8 nitrogen and oxygen atoms in total. The van der Waals surface area contributed by atoms with Gasteiger partial charge in [0.15, 0.2) is 16.7 Å². The van der Waals surface area contributed by atoms with E-state index in [2.05, 4.69) is 45.5 Å². The Morgan fingerprint density at radius 1 is 0.981 bits per heavy atom. The number of nitrogens with one attached hydrogen (secondary N) is 1. The van der Waals surface area contributed by atoms with E-state index in [4.69, 9.17) is 9.47 Å². The Morgan fingerprint density at radius 2 is 1.68 bits per heavy atom. The molecule has 0 aromatic heterocycles. The third kappa shape index (κ3) is 10.2. The van der Waals surface area contributed by atoms with Gasteiger partial charge in [-0.1, -0.05) is 127 Å². The summed E-state index contributed by atoms with van der Waals surface area (Å²) >= 11 is 3.18. The van der Waals surface area contributed by atoms with Crippen LogP contribution < -0.4 is 14.8 Å². The molecule has 5 rings (SSSR count). The van der Waals surface area contributed by atoms with Crippen molar-refractivity contribution in [3.8, 4) is 11.5 Å². The van der Waals surface area contributed by atoms with E-state index in [1.165, 1.54) is 11.0 Å². The van der Waals surface area contributed by atoms with Crippen molar-refractivity contribution in [1.82, 2.24) is 10.2 Å². The van der Waals surface area contributed by atoms with Gasteiger partial charge in [-0.25, -0.2) is 0 Å². The van der Waals surface area contributed by atoms with E-state index in [0.717, 1.165) is 37.6 Å². The first-order chi connectivity index (χ1) is 25.7. The molecule has 0 saturated heterocycles. The number of aryl methyl sites for hydroxylation is 1. The minimum Gasteiger partial charge on any atom is -0.490 e. The zero-order chi connectivity index (χ0) is 37.7. The molecule has 53 heavy (non-hydrogen) atoms. The highest BCUT2D eigenvalue weighted by Crippen LogP contribution is 2.36. The fourth-order valence-corrected chi connectivity index (χ4v) is 7.18. The third-order valence-corrected chi connectivity index (χ3v) is 9.76. The van der Waals surface area contributed by atoms with Crippen LogP contribution in [0.5, 0.6) is 11.5 Å². The van der Waals surface area contributed by atoms with Gasteiger partial charge < -0.3 is 14.8 Å². The number of carbonyl (C=O) groups excluding carboxylic acids is 3. The number of amidine groups is 1. The van der Waals surface area contributed by atoms with Gasteiger partial charge in [0.25, 0.3) is 11.8 Å². The largest absolute Gasteiger partial charge is 0.490 e. The molecule has 0 aliphatic carbocycles. The molecule has 0 spiro atoms. The Hall–Kier alpha value is -5.20. The lowest BCUT2D eigenvalue weighted by molar-refractivity contribution is -0.126. The van der Waals surface area contributed by atoms with Gasteiger partial charge in [0.2, 0.25) is 5.91 Å². The van der Waals surface area contributed by atoms with Crippen LogP contribution in [0.25, 0.3) is 6.08 Å². The smallest absolute Gasteiger partial charge is 0.285 e. The van der Waals surface area contributed by atoms with Crippen LogP contribution in [0.2, 0.25) is 0 Å². The second-order valence-electron chi connectivity index (χ2n) is 11.9. The number of amides is 3. The normalized spacial score (nSPS) is 14.1. The molecule has 1 N–H and O–H groups in total. The van der Waals surface area contributed by atoms with Gasteiger partial charge in [-0.15, -0.1) is 0 Å². The molecule has 3 amide bonds. The number of ether oxygens (including phenoxy) is 2. The standard InChI is InChI=1S/C43H40IN3O5S/c1-5-8-22-34(6-2)47-42(50)35(24-31-25-36(44)40(37(26-31)51-7-3)52-27-30-17-15-16-29(4)23-30)41(49)46-43(47)53-28-38(48)45-39(32-18-11-9-12-19-32)33-20-13-10-14-21-33/h5-6,8-26,39H,1,7,27-28H2,2-4H3,(H,45,48)/b22-8-,34-6+,35-24+. The van der Waals surface area contributed by atoms with Crippen LogP contribution in [-0.4, -0.2) is 40.1 Å². The predicted octanol–water partition coefficient (Wildman–Crippen LogP) is 8.97. The number of hydrogen-bond acceptors (Lipinski definition) is 6. The number of hydrogen-bond donors (Lipinski definition) is 1. The molecule has 0 fully saturated rings. The van der Waals surface area contributed by atoms with Crippen molar-refractivity contribution < 1.29 is 23.9 Å². The zero-order valence-corrected chi connectivity index (χ0v) is 32.7. The van der Waals surface area contributed by atoms with Crippen LogP contribution in [0.4, 0.5) is 0 Å². The Bertz CT molecular complexity index is 2050. The highest BCUT2D eigenvalue weighted by atomic mass is 127. The van der Waals surface area contributed by atoms with E-state index >= 15 is 0 Å². The van der Waals surface area contributed by atoms with Gasteiger partial charge in [-0.2, -0.15) is 4.99 Å². The number of halogens is 1. The summed E-state index contributed by atoms with van der Waals surface area (Å²) in [4.78, 5) is 47.0. The number of rotatable bonds is 14. The highest BCUT2D eigenvalue weighted by Gasteiger charge is 2.35. The third-order valence-electron chi connectivity index (χ3n) is 8.02. The maximum absolute atomic E-state index is 14.2. The van der Waals surface area contributed by atoms with E-state index < -0.39 is 17.9 Å². The summed E-state index contributed by atoms with van der Waals surface area (Å²) in [6, 6.07) is 30.6.